The Labute approximate surface area is 177 Å². The zero-order chi connectivity index (χ0) is 20.3. The molecule has 2 heterocycles. The number of hydrogen-bond donors (Lipinski definition) is 2. The lowest BCUT2D eigenvalue weighted by atomic mass is 10.1. The summed E-state index contributed by atoms with van der Waals surface area (Å²) in [5, 5.41) is 10.5. The predicted molar refractivity (Wildman–Crippen MR) is 121 cm³/mol. The first kappa shape index (κ1) is 21.5. The summed E-state index contributed by atoms with van der Waals surface area (Å²) in [5.74, 6) is 1.75. The van der Waals surface area contributed by atoms with Crippen LogP contribution in [-0.2, 0) is 11.3 Å². The molecule has 29 heavy (non-hydrogen) atoms. The molecule has 0 saturated carbocycles. The van der Waals surface area contributed by atoms with Gasteiger partial charge < -0.3 is 25.0 Å². The topological polar surface area (TPSA) is 58.1 Å². The Morgan fingerprint density at radius 3 is 2.79 bits per heavy atom. The van der Waals surface area contributed by atoms with E-state index in [4.69, 9.17) is 9.47 Å². The number of hydrogen-bond acceptors (Lipinski definition) is 5. The van der Waals surface area contributed by atoms with Crippen molar-refractivity contribution in [1.82, 2.24) is 10.6 Å². The standard InChI is InChI=1S/C22H32N4O2S/c1-23-22(25-19-9-11-26(12-10-19)21-8-4-15-29-21)24-17-18-6-3-7-20(16-18)28-14-5-13-27-2/h3-4,6-8,15-16,19H,5,9-14,17H2,1-2H3,(H2,23,24,25). The van der Waals surface area contributed by atoms with Crippen LogP contribution in [-0.4, -0.2) is 52.5 Å². The lowest BCUT2D eigenvalue weighted by Gasteiger charge is -2.33. The molecule has 2 aromatic rings. The van der Waals surface area contributed by atoms with Crippen molar-refractivity contribution >= 4 is 22.3 Å². The van der Waals surface area contributed by atoms with E-state index in [1.54, 1.807) is 7.11 Å². The van der Waals surface area contributed by atoms with Gasteiger partial charge in [0.25, 0.3) is 0 Å². The molecule has 1 aliphatic rings. The van der Waals surface area contributed by atoms with E-state index in [1.807, 2.05) is 30.5 Å². The summed E-state index contributed by atoms with van der Waals surface area (Å²) in [6, 6.07) is 13.0. The number of thiophene rings is 1. The number of guanidine groups is 1. The molecule has 1 aliphatic heterocycles. The number of ether oxygens (including phenoxy) is 2. The fourth-order valence-electron chi connectivity index (χ4n) is 3.41. The Balaban J connectivity index is 1.41. The zero-order valence-corrected chi connectivity index (χ0v) is 18.2. The number of nitrogens with one attached hydrogen (secondary N) is 2. The maximum atomic E-state index is 5.79. The predicted octanol–water partition coefficient (Wildman–Crippen LogP) is 3.50. The quantitative estimate of drug-likeness (QED) is 0.372. The number of nitrogens with zero attached hydrogens (tertiary/aromatic N) is 2. The van der Waals surface area contributed by atoms with Crippen LogP contribution in [0, 0.1) is 0 Å². The van der Waals surface area contributed by atoms with Crippen LogP contribution in [0.2, 0.25) is 0 Å². The highest BCUT2D eigenvalue weighted by Crippen LogP contribution is 2.24. The molecule has 7 heteroatoms. The molecule has 1 fully saturated rings. The summed E-state index contributed by atoms with van der Waals surface area (Å²) >= 11 is 1.82. The van der Waals surface area contributed by atoms with Crippen molar-refractivity contribution in [1.29, 1.82) is 0 Å². The van der Waals surface area contributed by atoms with Crippen molar-refractivity contribution in [3.05, 3.63) is 47.3 Å². The number of aliphatic imine (C=N–C) groups is 1. The van der Waals surface area contributed by atoms with Gasteiger partial charge in [-0.15, -0.1) is 11.3 Å². The maximum absolute atomic E-state index is 5.79. The summed E-state index contributed by atoms with van der Waals surface area (Å²) in [4.78, 5) is 6.87. The summed E-state index contributed by atoms with van der Waals surface area (Å²) in [6.45, 7) is 4.26. The monoisotopic (exact) mass is 416 g/mol. The van der Waals surface area contributed by atoms with Crippen LogP contribution >= 0.6 is 11.3 Å². The highest BCUT2D eigenvalue weighted by Gasteiger charge is 2.20. The van der Waals surface area contributed by atoms with Crippen LogP contribution in [0.15, 0.2) is 46.8 Å². The van der Waals surface area contributed by atoms with E-state index in [0.717, 1.165) is 50.7 Å². The molecule has 0 amide bonds. The van der Waals surface area contributed by atoms with Gasteiger partial charge in [-0.1, -0.05) is 12.1 Å². The average Bonchev–Trinajstić information content (AvgIpc) is 3.30. The van der Waals surface area contributed by atoms with Gasteiger partial charge in [0.1, 0.15) is 5.75 Å². The van der Waals surface area contributed by atoms with E-state index in [1.165, 1.54) is 10.6 Å². The van der Waals surface area contributed by atoms with Crippen molar-refractivity contribution in [2.75, 3.05) is 45.4 Å². The van der Waals surface area contributed by atoms with Gasteiger partial charge in [-0.25, -0.2) is 0 Å². The SMILES string of the molecule is CN=C(NCc1cccc(OCCCOC)c1)NC1CCN(c2cccs2)CC1. The second-order valence-electron chi connectivity index (χ2n) is 7.12. The molecule has 0 atom stereocenters. The van der Waals surface area contributed by atoms with E-state index in [0.29, 0.717) is 19.2 Å². The van der Waals surface area contributed by atoms with Crippen molar-refractivity contribution in [3.8, 4) is 5.75 Å². The lowest BCUT2D eigenvalue weighted by Crippen LogP contribution is -2.48. The van der Waals surface area contributed by atoms with Gasteiger partial charge >= 0.3 is 0 Å². The fourth-order valence-corrected chi connectivity index (χ4v) is 4.19. The molecule has 1 aromatic heterocycles. The van der Waals surface area contributed by atoms with Gasteiger partial charge in [-0.3, -0.25) is 4.99 Å². The van der Waals surface area contributed by atoms with E-state index in [9.17, 15) is 0 Å². The fraction of sp³-hybridized carbons (Fsp3) is 0.500. The Hall–Kier alpha value is -2.25. The van der Waals surface area contributed by atoms with Crippen LogP contribution in [0.25, 0.3) is 0 Å². The van der Waals surface area contributed by atoms with E-state index >= 15 is 0 Å². The van der Waals surface area contributed by atoms with Gasteiger partial charge in [0, 0.05) is 52.9 Å². The molecule has 0 radical (unpaired) electrons. The van der Waals surface area contributed by atoms with E-state index in [2.05, 4.69) is 50.2 Å². The molecule has 1 saturated heterocycles. The zero-order valence-electron chi connectivity index (χ0n) is 17.4. The molecule has 0 bridgehead atoms. The third-order valence-corrected chi connectivity index (χ3v) is 5.93. The molecular weight excluding hydrogens is 384 g/mol. The average molecular weight is 417 g/mol. The minimum atomic E-state index is 0.452. The van der Waals surface area contributed by atoms with Crippen molar-refractivity contribution < 1.29 is 9.47 Å². The van der Waals surface area contributed by atoms with Gasteiger partial charge in [0.05, 0.1) is 11.6 Å². The number of piperidine rings is 1. The highest BCUT2D eigenvalue weighted by atomic mass is 32.1. The van der Waals surface area contributed by atoms with Crippen LogP contribution < -0.4 is 20.3 Å². The first-order valence-electron chi connectivity index (χ1n) is 10.2. The van der Waals surface area contributed by atoms with Crippen LogP contribution in [0.4, 0.5) is 5.00 Å². The minimum Gasteiger partial charge on any atom is -0.493 e. The second kappa shape index (κ2) is 11.7. The normalized spacial score (nSPS) is 15.4. The van der Waals surface area contributed by atoms with Crippen LogP contribution in [0.5, 0.6) is 5.75 Å². The third-order valence-electron chi connectivity index (χ3n) is 5.00. The van der Waals surface area contributed by atoms with Gasteiger partial charge in [0.2, 0.25) is 0 Å². The Morgan fingerprint density at radius 1 is 1.21 bits per heavy atom. The Kier molecular flexibility index (Phi) is 8.64. The Bertz CT molecular complexity index is 743. The van der Waals surface area contributed by atoms with E-state index in [-0.39, 0.29) is 0 Å². The minimum absolute atomic E-state index is 0.452. The smallest absolute Gasteiger partial charge is 0.191 e. The number of benzene rings is 1. The summed E-state index contributed by atoms with van der Waals surface area (Å²) in [7, 11) is 3.53. The first-order chi connectivity index (χ1) is 14.3. The van der Waals surface area contributed by atoms with Crippen LogP contribution in [0.1, 0.15) is 24.8 Å². The maximum Gasteiger partial charge on any atom is 0.191 e. The van der Waals surface area contributed by atoms with Crippen molar-refractivity contribution in [2.45, 2.75) is 31.8 Å². The Morgan fingerprint density at radius 2 is 2.07 bits per heavy atom. The van der Waals surface area contributed by atoms with Gasteiger partial charge in [0.15, 0.2) is 5.96 Å². The first-order valence-corrected chi connectivity index (χ1v) is 11.1. The van der Waals surface area contributed by atoms with Gasteiger partial charge in [-0.2, -0.15) is 0 Å². The molecule has 6 nitrogen and oxygen atoms in total. The van der Waals surface area contributed by atoms with E-state index < -0.39 is 0 Å². The van der Waals surface area contributed by atoms with Crippen molar-refractivity contribution in [2.24, 2.45) is 4.99 Å². The molecule has 0 unspecified atom stereocenters. The second-order valence-corrected chi connectivity index (χ2v) is 8.05. The molecule has 158 valence electrons. The molecule has 0 spiro atoms. The summed E-state index contributed by atoms with van der Waals surface area (Å²) < 4.78 is 10.8. The summed E-state index contributed by atoms with van der Waals surface area (Å²) in [6.07, 6.45) is 3.12. The number of rotatable bonds is 9. The molecule has 3 rings (SSSR count). The van der Waals surface area contributed by atoms with Gasteiger partial charge in [-0.05, 0) is 48.1 Å². The molecule has 2 N–H and O–H groups in total. The third kappa shape index (κ3) is 6.94. The molecular formula is C22H32N4O2S. The largest absolute Gasteiger partial charge is 0.493 e. The van der Waals surface area contributed by atoms with Crippen molar-refractivity contribution in [3.63, 3.8) is 0 Å². The lowest BCUT2D eigenvalue weighted by molar-refractivity contribution is 0.172. The number of methoxy groups -OCH3 is 1. The summed E-state index contributed by atoms with van der Waals surface area (Å²) in [5.41, 5.74) is 1.17. The highest BCUT2D eigenvalue weighted by molar-refractivity contribution is 7.14. The molecule has 0 aliphatic carbocycles. The van der Waals surface area contributed by atoms with Crippen LogP contribution in [0.3, 0.4) is 0 Å². The number of anilines is 1. The molecule has 1 aromatic carbocycles.